The van der Waals surface area contributed by atoms with Crippen molar-refractivity contribution in [1.82, 2.24) is 9.80 Å². The Hall–Kier alpha value is -1.95. The second-order valence-corrected chi connectivity index (χ2v) is 12.5. The topological polar surface area (TPSA) is 40.6 Å². The highest BCUT2D eigenvalue weighted by Crippen LogP contribution is 2.40. The molecule has 0 bridgehead atoms. The highest BCUT2D eigenvalue weighted by molar-refractivity contribution is 7.99. The minimum Gasteiger partial charge on any atom is -0.303 e. The van der Waals surface area contributed by atoms with Gasteiger partial charge in [-0.05, 0) is 132 Å². The van der Waals surface area contributed by atoms with Crippen molar-refractivity contribution in [2.24, 2.45) is 0 Å². The average Bonchev–Trinajstić information content (AvgIpc) is 2.96. The van der Waals surface area contributed by atoms with Gasteiger partial charge in [0.2, 0.25) is 0 Å². The van der Waals surface area contributed by atoms with Crippen LogP contribution in [0.1, 0.15) is 124 Å². The van der Waals surface area contributed by atoms with Crippen molar-refractivity contribution < 1.29 is 9.59 Å². The predicted octanol–water partition coefficient (Wildman–Crippen LogP) is 8.69. The summed E-state index contributed by atoms with van der Waals surface area (Å²) in [5.41, 5.74) is 4.07. The zero-order chi connectivity index (χ0) is 28.7. The maximum absolute atomic E-state index is 13.0. The van der Waals surface area contributed by atoms with Crippen LogP contribution in [0.3, 0.4) is 0 Å². The molecule has 0 spiro atoms. The predicted molar refractivity (Wildman–Crippen MR) is 170 cm³/mol. The van der Waals surface area contributed by atoms with Crippen LogP contribution in [0.2, 0.25) is 0 Å². The maximum atomic E-state index is 13.0. The molecule has 4 nitrogen and oxygen atoms in total. The van der Waals surface area contributed by atoms with E-state index in [1.165, 1.54) is 46.6 Å². The summed E-state index contributed by atoms with van der Waals surface area (Å²) in [4.78, 5) is 33.5. The summed E-state index contributed by atoms with van der Waals surface area (Å²) in [6, 6.07) is 12.4. The average molecular weight is 565 g/mol. The van der Waals surface area contributed by atoms with Crippen LogP contribution in [0.5, 0.6) is 0 Å². The number of Topliss-reactive ketones (excluding diaryl/α,β-unsaturated/α-hetero) is 2. The lowest BCUT2D eigenvalue weighted by Gasteiger charge is -2.21. The van der Waals surface area contributed by atoms with Crippen LogP contribution in [0.15, 0.2) is 46.2 Å². The number of fused-ring (bicyclic) bond motifs is 2. The number of rotatable bonds is 20. The Morgan fingerprint density at radius 3 is 1.38 bits per heavy atom. The van der Waals surface area contributed by atoms with E-state index < -0.39 is 0 Å². The lowest BCUT2D eigenvalue weighted by atomic mass is 9.96. The Bertz CT molecular complexity index is 988. The second kappa shape index (κ2) is 17.8. The van der Waals surface area contributed by atoms with Crippen LogP contribution in [0.4, 0.5) is 0 Å². The second-order valence-electron chi connectivity index (χ2n) is 11.4. The summed E-state index contributed by atoms with van der Waals surface area (Å²) in [6.07, 6.45) is 10.8. The quantitative estimate of drug-likeness (QED) is 0.101. The van der Waals surface area contributed by atoms with E-state index in [2.05, 4.69) is 61.8 Å². The molecule has 0 atom stereocenters. The normalized spacial score (nSPS) is 12.6. The van der Waals surface area contributed by atoms with Crippen molar-refractivity contribution in [3.63, 3.8) is 0 Å². The molecule has 5 heteroatoms. The lowest BCUT2D eigenvalue weighted by molar-refractivity contribution is 0.0970. The van der Waals surface area contributed by atoms with Crippen molar-refractivity contribution in [2.45, 2.75) is 108 Å². The smallest absolute Gasteiger partial charge is 0.162 e. The van der Waals surface area contributed by atoms with Crippen molar-refractivity contribution in [1.29, 1.82) is 0 Å². The Morgan fingerprint density at radius 1 is 0.600 bits per heavy atom. The zero-order valence-electron chi connectivity index (χ0n) is 25.6. The van der Waals surface area contributed by atoms with Gasteiger partial charge in [0.15, 0.2) is 11.6 Å². The molecule has 0 radical (unpaired) electrons. The van der Waals surface area contributed by atoms with Gasteiger partial charge in [0, 0.05) is 33.8 Å². The third kappa shape index (κ3) is 10.2. The number of unbranched alkanes of at least 4 members (excludes halogenated alkanes) is 2. The first-order valence-electron chi connectivity index (χ1n) is 15.9. The van der Waals surface area contributed by atoms with Crippen molar-refractivity contribution in [3.05, 3.63) is 58.7 Å². The molecule has 220 valence electrons. The van der Waals surface area contributed by atoms with Gasteiger partial charge in [-0.25, -0.2) is 0 Å². The Morgan fingerprint density at radius 2 is 1.00 bits per heavy atom. The highest BCUT2D eigenvalue weighted by Gasteiger charge is 2.20. The number of hydrogen-bond donors (Lipinski definition) is 0. The van der Waals surface area contributed by atoms with Gasteiger partial charge in [-0.1, -0.05) is 51.6 Å². The minimum atomic E-state index is 0.247. The first kappa shape index (κ1) is 32.6. The molecule has 40 heavy (non-hydrogen) atoms. The summed E-state index contributed by atoms with van der Waals surface area (Å²) in [5, 5.41) is 0. The summed E-state index contributed by atoms with van der Waals surface area (Å²) in [5.74, 6) is 0.494. The number of hydrogen-bond acceptors (Lipinski definition) is 5. The first-order valence-corrected chi connectivity index (χ1v) is 16.7. The Kier molecular flexibility index (Phi) is 14.5. The van der Waals surface area contributed by atoms with E-state index >= 15 is 0 Å². The first-order chi connectivity index (χ1) is 19.5. The standard InChI is InChI=1S/C35H52N2O2S/c1-5-19-36(20-6-2)23-11-9-13-32(38)28-15-17-34-30(25-28)27-31-26-29(16-18-35(31)40-34)33(39)14-10-12-24-37(21-7-3)22-8-4/h15-18,25-26H,5-14,19-24,27H2,1-4H3. The summed E-state index contributed by atoms with van der Waals surface area (Å²) < 4.78 is 0. The fourth-order valence-corrected chi connectivity index (χ4v) is 6.80. The van der Waals surface area contributed by atoms with E-state index in [1.54, 1.807) is 11.8 Å². The summed E-state index contributed by atoms with van der Waals surface area (Å²) in [6.45, 7) is 15.7. The van der Waals surface area contributed by atoms with Gasteiger partial charge in [-0.2, -0.15) is 0 Å². The third-order valence-electron chi connectivity index (χ3n) is 7.78. The maximum Gasteiger partial charge on any atom is 0.162 e. The molecule has 0 aliphatic carbocycles. The van der Waals surface area contributed by atoms with Gasteiger partial charge in [0.1, 0.15) is 0 Å². The molecule has 0 aromatic heterocycles. The van der Waals surface area contributed by atoms with Crippen molar-refractivity contribution in [3.8, 4) is 0 Å². The SMILES string of the molecule is CCCN(CCC)CCCCC(=O)c1ccc2c(c1)Cc1cc(C(=O)CCCCN(CCC)CCC)ccc1S2. The van der Waals surface area contributed by atoms with E-state index in [0.29, 0.717) is 12.8 Å². The van der Waals surface area contributed by atoms with E-state index in [9.17, 15) is 9.59 Å². The zero-order valence-corrected chi connectivity index (χ0v) is 26.4. The number of carbonyl (C=O) groups excluding carboxylic acids is 2. The highest BCUT2D eigenvalue weighted by atomic mass is 32.2. The Balaban J connectivity index is 1.52. The van der Waals surface area contributed by atoms with E-state index in [4.69, 9.17) is 0 Å². The molecule has 2 aromatic rings. The van der Waals surface area contributed by atoms with E-state index in [0.717, 1.165) is 82.5 Å². The van der Waals surface area contributed by atoms with Gasteiger partial charge >= 0.3 is 0 Å². The molecule has 2 aromatic carbocycles. The van der Waals surface area contributed by atoms with Gasteiger partial charge < -0.3 is 9.80 Å². The number of ketones is 2. The third-order valence-corrected chi connectivity index (χ3v) is 9.02. The molecule has 0 saturated heterocycles. The monoisotopic (exact) mass is 564 g/mol. The van der Waals surface area contributed by atoms with E-state index in [1.807, 2.05) is 12.1 Å². The summed E-state index contributed by atoms with van der Waals surface area (Å²) in [7, 11) is 0. The molecule has 0 unspecified atom stereocenters. The molecule has 0 N–H and O–H groups in total. The van der Waals surface area contributed by atoms with Crippen LogP contribution in [-0.4, -0.2) is 60.6 Å². The number of benzene rings is 2. The number of nitrogens with zero attached hydrogens (tertiary/aromatic N) is 2. The Labute approximate surface area is 248 Å². The van der Waals surface area contributed by atoms with Crippen LogP contribution >= 0.6 is 11.8 Å². The fourth-order valence-electron chi connectivity index (χ4n) is 5.77. The van der Waals surface area contributed by atoms with Crippen LogP contribution in [-0.2, 0) is 6.42 Å². The lowest BCUT2D eigenvalue weighted by Crippen LogP contribution is -2.26. The van der Waals surface area contributed by atoms with Gasteiger partial charge in [-0.15, -0.1) is 0 Å². The molecule has 0 saturated carbocycles. The van der Waals surface area contributed by atoms with Crippen LogP contribution in [0.25, 0.3) is 0 Å². The largest absolute Gasteiger partial charge is 0.303 e. The van der Waals surface area contributed by atoms with Gasteiger partial charge in [-0.3, -0.25) is 9.59 Å². The fraction of sp³-hybridized carbons (Fsp3) is 0.600. The van der Waals surface area contributed by atoms with E-state index in [-0.39, 0.29) is 11.6 Å². The minimum absolute atomic E-state index is 0.247. The van der Waals surface area contributed by atoms with Crippen molar-refractivity contribution in [2.75, 3.05) is 39.3 Å². The summed E-state index contributed by atoms with van der Waals surface area (Å²) >= 11 is 1.76. The van der Waals surface area contributed by atoms with Gasteiger partial charge in [0.25, 0.3) is 0 Å². The molecular weight excluding hydrogens is 512 g/mol. The molecule has 3 rings (SSSR count). The van der Waals surface area contributed by atoms with Crippen LogP contribution in [0, 0.1) is 0 Å². The molecule has 1 heterocycles. The molecule has 0 fully saturated rings. The molecule has 1 aliphatic heterocycles. The number of carbonyl (C=O) groups is 2. The molecule has 1 aliphatic rings. The molecule has 0 amide bonds. The van der Waals surface area contributed by atoms with Crippen molar-refractivity contribution >= 4 is 23.3 Å². The molecular formula is C35H52N2O2S. The van der Waals surface area contributed by atoms with Gasteiger partial charge in [0.05, 0.1) is 0 Å². The van der Waals surface area contributed by atoms with Crippen LogP contribution < -0.4 is 0 Å².